The van der Waals surface area contributed by atoms with Crippen LogP contribution in [-0.4, -0.2) is 61.0 Å². The van der Waals surface area contributed by atoms with E-state index >= 15 is 0 Å². The Balaban J connectivity index is 2.74. The van der Waals surface area contributed by atoms with Crippen LogP contribution in [0.1, 0.15) is 27.1 Å². The minimum absolute atomic E-state index is 0.0481. The Morgan fingerprint density at radius 2 is 1.63 bits per heavy atom. The van der Waals surface area contributed by atoms with Gasteiger partial charge in [0.1, 0.15) is 0 Å². The van der Waals surface area contributed by atoms with Crippen LogP contribution in [0.25, 0.3) is 0 Å². The SMILES string of the molecule is CN(C)CCCN(C)C(=O)c1ccccc1C(=O)O. The number of carbonyl (C=O) groups excluding carboxylic acids is 1. The molecule has 104 valence electrons. The first kappa shape index (κ1) is 15.2. The van der Waals surface area contributed by atoms with Crippen molar-refractivity contribution >= 4 is 11.9 Å². The molecular weight excluding hydrogens is 244 g/mol. The molecule has 1 aromatic rings. The van der Waals surface area contributed by atoms with Crippen LogP contribution >= 0.6 is 0 Å². The Morgan fingerprint density at radius 1 is 1.05 bits per heavy atom. The number of carboxylic acid groups (broad SMARTS) is 1. The predicted octanol–water partition coefficient (Wildman–Crippen LogP) is 1.41. The Kier molecular flexibility index (Phi) is 5.51. The van der Waals surface area contributed by atoms with Crippen LogP contribution in [0.4, 0.5) is 0 Å². The van der Waals surface area contributed by atoms with Gasteiger partial charge in [-0.3, -0.25) is 4.79 Å². The van der Waals surface area contributed by atoms with Gasteiger partial charge >= 0.3 is 5.97 Å². The highest BCUT2D eigenvalue weighted by Crippen LogP contribution is 2.11. The number of aromatic carboxylic acids is 1. The summed E-state index contributed by atoms with van der Waals surface area (Å²) in [5.41, 5.74) is 0.286. The van der Waals surface area contributed by atoms with E-state index in [1.165, 1.54) is 6.07 Å². The van der Waals surface area contributed by atoms with Crippen molar-refractivity contribution in [3.8, 4) is 0 Å². The average molecular weight is 264 g/mol. The zero-order valence-electron chi connectivity index (χ0n) is 11.6. The van der Waals surface area contributed by atoms with Gasteiger partial charge in [0.2, 0.25) is 0 Å². The minimum atomic E-state index is -1.08. The lowest BCUT2D eigenvalue weighted by molar-refractivity contribution is 0.0681. The van der Waals surface area contributed by atoms with Crippen molar-refractivity contribution in [3.05, 3.63) is 35.4 Å². The second kappa shape index (κ2) is 6.89. The maximum atomic E-state index is 12.2. The highest BCUT2D eigenvalue weighted by atomic mass is 16.4. The molecule has 1 rings (SSSR count). The molecule has 1 amide bonds. The standard InChI is InChI=1S/C14H20N2O3/c1-15(2)9-6-10-16(3)13(17)11-7-4-5-8-12(11)14(18)19/h4-5,7-8H,6,9-10H2,1-3H3,(H,18,19). The second-order valence-corrected chi connectivity index (χ2v) is 4.73. The Labute approximate surface area is 113 Å². The molecule has 0 spiro atoms. The molecule has 0 bridgehead atoms. The predicted molar refractivity (Wildman–Crippen MR) is 73.5 cm³/mol. The summed E-state index contributed by atoms with van der Waals surface area (Å²) in [5, 5.41) is 9.07. The normalized spacial score (nSPS) is 10.5. The van der Waals surface area contributed by atoms with Gasteiger partial charge in [-0.05, 0) is 39.2 Å². The summed E-state index contributed by atoms with van der Waals surface area (Å²) < 4.78 is 0. The van der Waals surface area contributed by atoms with Crippen molar-refractivity contribution in [3.63, 3.8) is 0 Å². The van der Waals surface area contributed by atoms with Gasteiger partial charge < -0.3 is 14.9 Å². The van der Waals surface area contributed by atoms with Crippen molar-refractivity contribution in [2.24, 2.45) is 0 Å². The third-order valence-corrected chi connectivity index (χ3v) is 2.83. The zero-order valence-corrected chi connectivity index (χ0v) is 11.6. The zero-order chi connectivity index (χ0) is 14.4. The first-order valence-corrected chi connectivity index (χ1v) is 6.16. The summed E-state index contributed by atoms with van der Waals surface area (Å²) in [5.74, 6) is -1.33. The first-order chi connectivity index (χ1) is 8.93. The van der Waals surface area contributed by atoms with Crippen LogP contribution in [0.3, 0.4) is 0 Å². The lowest BCUT2D eigenvalue weighted by Crippen LogP contribution is -2.30. The van der Waals surface area contributed by atoms with E-state index in [9.17, 15) is 9.59 Å². The van der Waals surface area contributed by atoms with E-state index in [0.29, 0.717) is 6.54 Å². The summed E-state index contributed by atoms with van der Waals surface area (Å²) in [7, 11) is 5.64. The maximum absolute atomic E-state index is 12.2. The summed E-state index contributed by atoms with van der Waals surface area (Å²) >= 11 is 0. The number of carboxylic acids is 1. The largest absolute Gasteiger partial charge is 0.478 e. The van der Waals surface area contributed by atoms with Crippen LogP contribution < -0.4 is 0 Å². The number of carbonyl (C=O) groups is 2. The van der Waals surface area contributed by atoms with E-state index in [-0.39, 0.29) is 17.0 Å². The third kappa shape index (κ3) is 4.37. The van der Waals surface area contributed by atoms with Gasteiger partial charge in [-0.2, -0.15) is 0 Å². The van der Waals surface area contributed by atoms with E-state index in [1.807, 2.05) is 19.0 Å². The average Bonchev–Trinajstić information content (AvgIpc) is 2.37. The molecule has 5 heteroatoms. The maximum Gasteiger partial charge on any atom is 0.336 e. The lowest BCUT2D eigenvalue weighted by Gasteiger charge is -2.19. The molecule has 0 aliphatic carbocycles. The quantitative estimate of drug-likeness (QED) is 0.844. The fraction of sp³-hybridized carbons (Fsp3) is 0.429. The van der Waals surface area contributed by atoms with Crippen LogP contribution in [0.5, 0.6) is 0 Å². The van der Waals surface area contributed by atoms with E-state index in [0.717, 1.165) is 13.0 Å². The Hall–Kier alpha value is -1.88. The smallest absolute Gasteiger partial charge is 0.336 e. The Morgan fingerprint density at radius 3 is 2.16 bits per heavy atom. The minimum Gasteiger partial charge on any atom is -0.478 e. The molecule has 0 unspecified atom stereocenters. The molecule has 19 heavy (non-hydrogen) atoms. The molecule has 0 heterocycles. The van der Waals surface area contributed by atoms with Gasteiger partial charge in [0.05, 0.1) is 11.1 Å². The van der Waals surface area contributed by atoms with Gasteiger partial charge in [-0.15, -0.1) is 0 Å². The molecule has 0 saturated carbocycles. The molecule has 0 saturated heterocycles. The number of hydrogen-bond acceptors (Lipinski definition) is 3. The monoisotopic (exact) mass is 264 g/mol. The first-order valence-electron chi connectivity index (χ1n) is 6.16. The summed E-state index contributed by atoms with van der Waals surface area (Å²) in [6, 6.07) is 6.29. The molecule has 0 aliphatic rings. The van der Waals surface area contributed by atoms with Crippen molar-refractivity contribution in [1.29, 1.82) is 0 Å². The van der Waals surface area contributed by atoms with Crippen molar-refractivity contribution in [1.82, 2.24) is 9.80 Å². The number of amides is 1. The molecule has 0 aromatic heterocycles. The number of rotatable bonds is 6. The van der Waals surface area contributed by atoms with Crippen LogP contribution in [0, 0.1) is 0 Å². The van der Waals surface area contributed by atoms with Crippen molar-refractivity contribution in [2.45, 2.75) is 6.42 Å². The van der Waals surface area contributed by atoms with Gasteiger partial charge in [-0.1, -0.05) is 12.1 Å². The van der Waals surface area contributed by atoms with Crippen LogP contribution in [0.15, 0.2) is 24.3 Å². The van der Waals surface area contributed by atoms with E-state index < -0.39 is 5.97 Å². The fourth-order valence-corrected chi connectivity index (χ4v) is 1.79. The fourth-order valence-electron chi connectivity index (χ4n) is 1.79. The molecule has 5 nitrogen and oxygen atoms in total. The van der Waals surface area contributed by atoms with Crippen LogP contribution in [0.2, 0.25) is 0 Å². The highest BCUT2D eigenvalue weighted by molar-refractivity contribution is 6.04. The molecule has 0 radical (unpaired) electrons. The third-order valence-electron chi connectivity index (χ3n) is 2.83. The van der Waals surface area contributed by atoms with Crippen LogP contribution in [-0.2, 0) is 0 Å². The van der Waals surface area contributed by atoms with Crippen molar-refractivity contribution < 1.29 is 14.7 Å². The molecule has 0 aliphatic heterocycles. The number of benzene rings is 1. The molecule has 1 aromatic carbocycles. The summed E-state index contributed by atoms with van der Waals surface area (Å²) in [4.78, 5) is 26.9. The number of nitrogens with zero attached hydrogens (tertiary/aromatic N) is 2. The van der Waals surface area contributed by atoms with Gasteiger partial charge in [-0.25, -0.2) is 4.79 Å². The number of hydrogen-bond donors (Lipinski definition) is 1. The van der Waals surface area contributed by atoms with Crippen molar-refractivity contribution in [2.75, 3.05) is 34.2 Å². The van der Waals surface area contributed by atoms with Gasteiger partial charge in [0, 0.05) is 13.6 Å². The van der Waals surface area contributed by atoms with Gasteiger partial charge in [0.25, 0.3) is 5.91 Å². The van der Waals surface area contributed by atoms with E-state index in [1.54, 1.807) is 30.1 Å². The second-order valence-electron chi connectivity index (χ2n) is 4.73. The van der Waals surface area contributed by atoms with E-state index in [4.69, 9.17) is 5.11 Å². The van der Waals surface area contributed by atoms with E-state index in [2.05, 4.69) is 0 Å². The molecule has 0 fully saturated rings. The molecule has 0 atom stereocenters. The topological polar surface area (TPSA) is 60.9 Å². The van der Waals surface area contributed by atoms with Gasteiger partial charge in [0.15, 0.2) is 0 Å². The molecular formula is C14H20N2O3. The Bertz CT molecular complexity index is 458. The summed E-state index contributed by atoms with van der Waals surface area (Å²) in [6.45, 7) is 1.49. The lowest BCUT2D eigenvalue weighted by atomic mass is 10.1. The highest BCUT2D eigenvalue weighted by Gasteiger charge is 2.18. The molecule has 1 N–H and O–H groups in total. The summed E-state index contributed by atoms with van der Waals surface area (Å²) in [6.07, 6.45) is 0.852.